The lowest BCUT2D eigenvalue weighted by Gasteiger charge is -2.36. The number of nitrogens with zero attached hydrogens (tertiary/aromatic N) is 3. The molecule has 3 rings (SSSR count). The van der Waals surface area contributed by atoms with Crippen LogP contribution in [-0.4, -0.2) is 63.5 Å². The van der Waals surface area contributed by atoms with Crippen molar-refractivity contribution < 1.29 is 22.4 Å². The van der Waals surface area contributed by atoms with Gasteiger partial charge >= 0.3 is 0 Å². The molecule has 2 aromatic rings. The van der Waals surface area contributed by atoms with Gasteiger partial charge in [-0.1, -0.05) is 0 Å². The van der Waals surface area contributed by atoms with E-state index >= 15 is 0 Å². The molecule has 0 atom stereocenters. The topological polar surface area (TPSA) is 152 Å². The number of carbonyl (C=O) groups is 2. The van der Waals surface area contributed by atoms with E-state index in [0.29, 0.717) is 31.9 Å². The van der Waals surface area contributed by atoms with Gasteiger partial charge < -0.3 is 25.7 Å². The highest BCUT2D eigenvalue weighted by molar-refractivity contribution is 7.90. The molecule has 0 unspecified atom stereocenters. The highest BCUT2D eigenvalue weighted by Gasteiger charge is 2.27. The molecule has 1 aliphatic rings. The van der Waals surface area contributed by atoms with Crippen LogP contribution in [0.25, 0.3) is 0 Å². The van der Waals surface area contributed by atoms with Gasteiger partial charge in [0.1, 0.15) is 0 Å². The van der Waals surface area contributed by atoms with Crippen LogP contribution in [0.4, 0.5) is 5.69 Å². The number of amides is 2. The predicted octanol–water partition coefficient (Wildman–Crippen LogP) is 0.0591. The number of hydrogen-bond donors (Lipinski definition) is 2. The minimum Gasteiger partial charge on any atom is -0.459 e. The van der Waals surface area contributed by atoms with E-state index in [2.05, 4.69) is 4.99 Å². The van der Waals surface area contributed by atoms with Crippen molar-refractivity contribution in [2.24, 2.45) is 16.5 Å². The zero-order valence-corrected chi connectivity index (χ0v) is 16.6. The molecule has 11 heteroatoms. The van der Waals surface area contributed by atoms with Crippen LogP contribution < -0.4 is 16.4 Å². The van der Waals surface area contributed by atoms with Gasteiger partial charge in [0, 0.05) is 38.0 Å². The lowest BCUT2D eigenvalue weighted by atomic mass is 10.1. The van der Waals surface area contributed by atoms with Crippen LogP contribution in [0.5, 0.6) is 0 Å². The largest absolute Gasteiger partial charge is 0.459 e. The van der Waals surface area contributed by atoms with Crippen molar-refractivity contribution in [3.63, 3.8) is 0 Å². The molecule has 0 aliphatic carbocycles. The van der Waals surface area contributed by atoms with Crippen LogP contribution >= 0.6 is 0 Å². The average molecular weight is 419 g/mol. The van der Waals surface area contributed by atoms with E-state index in [4.69, 9.17) is 15.9 Å². The number of hydrogen-bond acceptors (Lipinski definition) is 6. The highest BCUT2D eigenvalue weighted by Crippen LogP contribution is 2.28. The minimum atomic E-state index is -3.63. The Labute approximate surface area is 167 Å². The first-order valence-electron chi connectivity index (χ1n) is 8.72. The number of sulfone groups is 1. The lowest BCUT2D eigenvalue weighted by Crippen LogP contribution is -2.49. The van der Waals surface area contributed by atoms with Gasteiger partial charge in [-0.15, -0.1) is 0 Å². The van der Waals surface area contributed by atoms with E-state index in [1.165, 1.54) is 18.4 Å². The van der Waals surface area contributed by atoms with Crippen molar-refractivity contribution in [3.8, 4) is 0 Å². The zero-order valence-electron chi connectivity index (χ0n) is 15.7. The summed E-state index contributed by atoms with van der Waals surface area (Å²) >= 11 is 0. The molecule has 0 bridgehead atoms. The number of nitrogens with two attached hydrogens (primary N) is 2. The van der Waals surface area contributed by atoms with E-state index in [1.807, 2.05) is 4.90 Å². The lowest BCUT2D eigenvalue weighted by molar-refractivity contribution is 0.0714. The molecule has 1 aromatic heterocycles. The fourth-order valence-corrected chi connectivity index (χ4v) is 4.01. The molecule has 154 valence electrons. The van der Waals surface area contributed by atoms with E-state index in [0.717, 1.165) is 6.26 Å². The van der Waals surface area contributed by atoms with Gasteiger partial charge in [0.05, 0.1) is 16.8 Å². The van der Waals surface area contributed by atoms with Crippen LogP contribution in [0, 0.1) is 0 Å². The maximum atomic E-state index is 12.4. The smallest absolute Gasteiger partial charge is 0.289 e. The number of furan rings is 1. The molecular weight excluding hydrogens is 398 g/mol. The fraction of sp³-hybridized carbons (Fsp3) is 0.278. The first-order chi connectivity index (χ1) is 13.7. The van der Waals surface area contributed by atoms with E-state index in [1.54, 1.807) is 23.1 Å². The normalized spacial score (nSPS) is 14.5. The van der Waals surface area contributed by atoms with Gasteiger partial charge in [-0.2, -0.15) is 4.99 Å². The van der Waals surface area contributed by atoms with Gasteiger partial charge in [-0.05, 0) is 30.3 Å². The monoisotopic (exact) mass is 419 g/mol. The van der Waals surface area contributed by atoms with Crippen molar-refractivity contribution >= 4 is 33.3 Å². The predicted molar refractivity (Wildman–Crippen MR) is 107 cm³/mol. The Morgan fingerprint density at radius 2 is 1.79 bits per heavy atom. The zero-order chi connectivity index (χ0) is 21.2. The quantitative estimate of drug-likeness (QED) is 0.521. The van der Waals surface area contributed by atoms with Crippen molar-refractivity contribution in [2.75, 3.05) is 37.3 Å². The van der Waals surface area contributed by atoms with Gasteiger partial charge in [0.15, 0.2) is 21.6 Å². The molecule has 0 radical (unpaired) electrons. The third-order valence-electron chi connectivity index (χ3n) is 4.48. The molecule has 4 N–H and O–H groups in total. The fourth-order valence-electron chi connectivity index (χ4n) is 3.09. The van der Waals surface area contributed by atoms with Crippen molar-refractivity contribution in [1.82, 2.24) is 4.90 Å². The Bertz CT molecular complexity index is 1050. The van der Waals surface area contributed by atoms with Crippen LogP contribution in [-0.2, 0) is 9.84 Å². The Hall–Kier alpha value is -3.34. The summed E-state index contributed by atoms with van der Waals surface area (Å²) in [4.78, 5) is 31.4. The average Bonchev–Trinajstić information content (AvgIpc) is 3.20. The second-order valence-electron chi connectivity index (χ2n) is 6.55. The van der Waals surface area contributed by atoms with Crippen LogP contribution in [0.3, 0.4) is 0 Å². The number of benzene rings is 1. The third-order valence-corrected chi connectivity index (χ3v) is 5.60. The molecule has 1 fully saturated rings. The minimum absolute atomic E-state index is 0.0000426. The van der Waals surface area contributed by atoms with Crippen molar-refractivity contribution in [3.05, 3.63) is 47.9 Å². The molecule has 1 aliphatic heterocycles. The summed E-state index contributed by atoms with van der Waals surface area (Å²) < 4.78 is 29.8. The second-order valence-corrected chi connectivity index (χ2v) is 8.54. The van der Waals surface area contributed by atoms with E-state index in [9.17, 15) is 18.0 Å². The summed E-state index contributed by atoms with van der Waals surface area (Å²) in [5.41, 5.74) is 11.0. The maximum Gasteiger partial charge on any atom is 0.289 e. The summed E-state index contributed by atoms with van der Waals surface area (Å²) in [7, 11) is -3.63. The summed E-state index contributed by atoms with van der Waals surface area (Å²) in [5, 5.41) is 0. The molecule has 1 aromatic carbocycles. The molecule has 0 saturated carbocycles. The van der Waals surface area contributed by atoms with Gasteiger partial charge in [-0.25, -0.2) is 8.42 Å². The third kappa shape index (κ3) is 4.57. The van der Waals surface area contributed by atoms with E-state index < -0.39 is 21.7 Å². The number of piperazine rings is 1. The first-order valence-corrected chi connectivity index (χ1v) is 10.6. The molecule has 2 amide bonds. The molecular formula is C18H21N5O5S. The summed E-state index contributed by atoms with van der Waals surface area (Å²) in [6, 6.07) is 7.53. The SMILES string of the molecule is CS(=O)(=O)c1cc(C(=O)N=C(N)N)ccc1N1CCN(C(=O)c2ccco2)CC1. The number of anilines is 1. The van der Waals surface area contributed by atoms with E-state index in [-0.39, 0.29) is 22.1 Å². The standard InChI is InChI=1S/C18H21N5O5S/c1-29(26,27)15-11-12(16(24)21-18(19)20)4-5-13(15)22-6-8-23(9-7-22)17(25)14-3-2-10-28-14/h2-5,10-11H,6-9H2,1H3,(H4,19,20,21,24). The molecule has 0 spiro atoms. The number of rotatable bonds is 4. The van der Waals surface area contributed by atoms with Crippen LogP contribution in [0.2, 0.25) is 0 Å². The molecule has 1 saturated heterocycles. The van der Waals surface area contributed by atoms with Crippen LogP contribution in [0.15, 0.2) is 50.9 Å². The van der Waals surface area contributed by atoms with Gasteiger partial charge in [0.2, 0.25) is 0 Å². The summed E-state index contributed by atoms with van der Waals surface area (Å²) in [6.45, 7) is 1.65. The van der Waals surface area contributed by atoms with Crippen LogP contribution in [0.1, 0.15) is 20.9 Å². The highest BCUT2D eigenvalue weighted by atomic mass is 32.2. The molecule has 29 heavy (non-hydrogen) atoms. The Kier molecular flexibility index (Phi) is 5.59. The van der Waals surface area contributed by atoms with Crippen molar-refractivity contribution in [1.29, 1.82) is 0 Å². The van der Waals surface area contributed by atoms with Crippen molar-refractivity contribution in [2.45, 2.75) is 4.90 Å². The Balaban J connectivity index is 1.83. The first kappa shape index (κ1) is 20.4. The van der Waals surface area contributed by atoms with Gasteiger partial charge in [0.25, 0.3) is 11.8 Å². The maximum absolute atomic E-state index is 12.4. The second kappa shape index (κ2) is 7.95. The summed E-state index contributed by atoms with van der Waals surface area (Å²) in [5.74, 6) is -1.08. The number of guanidine groups is 1. The molecule has 10 nitrogen and oxygen atoms in total. The van der Waals surface area contributed by atoms with Gasteiger partial charge in [-0.3, -0.25) is 9.59 Å². The summed E-state index contributed by atoms with van der Waals surface area (Å²) in [6.07, 6.45) is 2.50. The molecule has 2 heterocycles. The Morgan fingerprint density at radius 3 is 2.34 bits per heavy atom. The number of carbonyl (C=O) groups excluding carboxylic acids is 2. The number of aliphatic imine (C=N–C) groups is 1. The Morgan fingerprint density at radius 1 is 1.10 bits per heavy atom.